The van der Waals surface area contributed by atoms with E-state index in [0.717, 1.165) is 11.5 Å². The van der Waals surface area contributed by atoms with Crippen molar-refractivity contribution in [2.45, 2.75) is 0 Å². The van der Waals surface area contributed by atoms with Crippen LogP contribution in [0.4, 0.5) is 0 Å². The first-order valence-electron chi connectivity index (χ1n) is 7.36. The van der Waals surface area contributed by atoms with Gasteiger partial charge in [0.2, 0.25) is 0 Å². The van der Waals surface area contributed by atoms with Crippen LogP contribution in [0.15, 0.2) is 24.3 Å². The molecule has 0 bridgehead atoms. The van der Waals surface area contributed by atoms with Crippen molar-refractivity contribution in [2.75, 3.05) is 67.1 Å². The maximum Gasteiger partial charge on any atom is 0.123 e. The van der Waals surface area contributed by atoms with Gasteiger partial charge in [0.15, 0.2) is 0 Å². The van der Waals surface area contributed by atoms with E-state index in [1.807, 2.05) is 24.3 Å². The molecule has 0 aliphatic heterocycles. The van der Waals surface area contributed by atoms with E-state index < -0.39 is 0 Å². The largest absolute Gasteiger partial charge is 0.491 e. The molecule has 1 aromatic rings. The summed E-state index contributed by atoms with van der Waals surface area (Å²) in [6, 6.07) is 7.51. The Morgan fingerprint density at radius 3 is 1.55 bits per heavy atom. The summed E-state index contributed by atoms with van der Waals surface area (Å²) in [5, 5.41) is 0. The monoisotopic (exact) mass is 314 g/mol. The van der Waals surface area contributed by atoms with Crippen LogP contribution in [0, 0.1) is 0 Å². The zero-order valence-corrected chi connectivity index (χ0v) is 13.4. The SMILES string of the molecule is COCCOCCOc1cccc(OCCOCCOC)c1. The molecular formula is C16H26O6. The summed E-state index contributed by atoms with van der Waals surface area (Å²) in [6.07, 6.45) is 0. The minimum absolute atomic E-state index is 0.493. The molecule has 0 radical (unpaired) electrons. The third kappa shape index (κ3) is 9.57. The van der Waals surface area contributed by atoms with E-state index in [2.05, 4.69) is 0 Å². The first-order valence-corrected chi connectivity index (χ1v) is 7.36. The van der Waals surface area contributed by atoms with Gasteiger partial charge in [-0.05, 0) is 12.1 Å². The molecule has 0 aliphatic rings. The van der Waals surface area contributed by atoms with Crippen LogP contribution < -0.4 is 9.47 Å². The molecule has 0 amide bonds. The molecule has 1 rings (SSSR count). The van der Waals surface area contributed by atoms with Crippen LogP contribution in [-0.4, -0.2) is 67.1 Å². The van der Waals surface area contributed by atoms with Crippen LogP contribution in [0.1, 0.15) is 0 Å². The third-order valence-electron chi connectivity index (χ3n) is 2.66. The lowest BCUT2D eigenvalue weighted by atomic mass is 10.3. The van der Waals surface area contributed by atoms with Crippen molar-refractivity contribution < 1.29 is 28.4 Å². The second kappa shape index (κ2) is 13.3. The molecule has 1 aromatic carbocycles. The Morgan fingerprint density at radius 1 is 0.636 bits per heavy atom. The van der Waals surface area contributed by atoms with Crippen LogP contribution in [0.5, 0.6) is 11.5 Å². The fourth-order valence-corrected chi connectivity index (χ4v) is 1.58. The highest BCUT2D eigenvalue weighted by molar-refractivity contribution is 5.32. The molecule has 0 fully saturated rings. The van der Waals surface area contributed by atoms with Crippen molar-refractivity contribution in [3.05, 3.63) is 24.3 Å². The summed E-state index contributed by atoms with van der Waals surface area (Å²) < 4.78 is 31.6. The average molecular weight is 314 g/mol. The minimum atomic E-state index is 0.493. The van der Waals surface area contributed by atoms with E-state index in [-0.39, 0.29) is 0 Å². The van der Waals surface area contributed by atoms with E-state index in [9.17, 15) is 0 Å². The van der Waals surface area contributed by atoms with Gasteiger partial charge in [-0.1, -0.05) is 6.07 Å². The molecule has 0 N–H and O–H groups in total. The summed E-state index contributed by atoms with van der Waals surface area (Å²) in [4.78, 5) is 0. The van der Waals surface area contributed by atoms with E-state index in [1.54, 1.807) is 14.2 Å². The molecular weight excluding hydrogens is 288 g/mol. The first-order chi connectivity index (χ1) is 10.9. The first kappa shape index (κ1) is 18.7. The Balaban J connectivity index is 2.13. The minimum Gasteiger partial charge on any atom is -0.491 e. The Morgan fingerprint density at radius 2 is 1.09 bits per heavy atom. The second-order valence-electron chi connectivity index (χ2n) is 4.38. The summed E-state index contributed by atoms with van der Waals surface area (Å²) >= 11 is 0. The van der Waals surface area contributed by atoms with E-state index in [4.69, 9.17) is 28.4 Å². The van der Waals surface area contributed by atoms with Gasteiger partial charge in [0.25, 0.3) is 0 Å². The maximum atomic E-state index is 5.59. The van der Waals surface area contributed by atoms with Gasteiger partial charge in [0.1, 0.15) is 24.7 Å². The third-order valence-corrected chi connectivity index (χ3v) is 2.66. The molecule has 0 saturated carbocycles. The summed E-state index contributed by atoms with van der Waals surface area (Å²) in [7, 11) is 3.29. The highest BCUT2D eigenvalue weighted by Crippen LogP contribution is 2.19. The van der Waals surface area contributed by atoms with Gasteiger partial charge in [-0.15, -0.1) is 0 Å². The molecule has 0 saturated heterocycles. The van der Waals surface area contributed by atoms with Gasteiger partial charge in [-0.3, -0.25) is 0 Å². The second-order valence-corrected chi connectivity index (χ2v) is 4.38. The smallest absolute Gasteiger partial charge is 0.123 e. The summed E-state index contributed by atoms with van der Waals surface area (Å²) in [6.45, 7) is 4.38. The number of methoxy groups -OCH3 is 2. The summed E-state index contributed by atoms with van der Waals surface area (Å²) in [5.41, 5.74) is 0. The average Bonchev–Trinajstić information content (AvgIpc) is 2.54. The summed E-state index contributed by atoms with van der Waals surface area (Å²) in [5.74, 6) is 1.52. The van der Waals surface area contributed by atoms with E-state index in [0.29, 0.717) is 52.9 Å². The van der Waals surface area contributed by atoms with E-state index in [1.165, 1.54) is 0 Å². The lowest BCUT2D eigenvalue weighted by molar-refractivity contribution is 0.0532. The standard InChI is InChI=1S/C16H26O6/c1-17-6-8-19-10-12-21-15-4-3-5-16(14-15)22-13-11-20-9-7-18-2/h3-5,14H,6-13H2,1-2H3. The van der Waals surface area contributed by atoms with Crippen LogP contribution in [0.25, 0.3) is 0 Å². The van der Waals surface area contributed by atoms with Crippen molar-refractivity contribution in [3.8, 4) is 11.5 Å². The molecule has 0 aromatic heterocycles. The topological polar surface area (TPSA) is 55.4 Å². The van der Waals surface area contributed by atoms with Crippen LogP contribution in [-0.2, 0) is 18.9 Å². The quantitative estimate of drug-likeness (QED) is 0.488. The zero-order valence-electron chi connectivity index (χ0n) is 13.4. The van der Waals surface area contributed by atoms with Crippen LogP contribution in [0.2, 0.25) is 0 Å². The number of benzene rings is 1. The Bertz CT molecular complexity index is 340. The van der Waals surface area contributed by atoms with Crippen molar-refractivity contribution in [1.29, 1.82) is 0 Å². The molecule has 0 heterocycles. The molecule has 126 valence electrons. The van der Waals surface area contributed by atoms with Crippen molar-refractivity contribution in [3.63, 3.8) is 0 Å². The van der Waals surface area contributed by atoms with Gasteiger partial charge >= 0.3 is 0 Å². The number of hydrogen-bond donors (Lipinski definition) is 0. The molecule has 6 heteroatoms. The maximum absolute atomic E-state index is 5.59. The molecule has 6 nitrogen and oxygen atoms in total. The van der Waals surface area contributed by atoms with Crippen LogP contribution >= 0.6 is 0 Å². The van der Waals surface area contributed by atoms with Crippen molar-refractivity contribution in [1.82, 2.24) is 0 Å². The van der Waals surface area contributed by atoms with Gasteiger partial charge in [0, 0.05) is 20.3 Å². The lowest BCUT2D eigenvalue weighted by Gasteiger charge is -2.10. The van der Waals surface area contributed by atoms with Gasteiger partial charge in [-0.25, -0.2) is 0 Å². The highest BCUT2D eigenvalue weighted by Gasteiger charge is 1.99. The predicted molar refractivity (Wildman–Crippen MR) is 82.8 cm³/mol. The van der Waals surface area contributed by atoms with Gasteiger partial charge in [-0.2, -0.15) is 0 Å². The van der Waals surface area contributed by atoms with Crippen molar-refractivity contribution in [2.24, 2.45) is 0 Å². The number of hydrogen-bond acceptors (Lipinski definition) is 6. The Hall–Kier alpha value is -1.34. The van der Waals surface area contributed by atoms with Gasteiger partial charge in [0.05, 0.1) is 39.6 Å². The zero-order chi connectivity index (χ0) is 15.9. The van der Waals surface area contributed by atoms with E-state index >= 15 is 0 Å². The van der Waals surface area contributed by atoms with Gasteiger partial charge < -0.3 is 28.4 Å². The van der Waals surface area contributed by atoms with Crippen LogP contribution in [0.3, 0.4) is 0 Å². The Kier molecular flexibility index (Phi) is 11.3. The molecule has 0 spiro atoms. The molecule has 22 heavy (non-hydrogen) atoms. The fraction of sp³-hybridized carbons (Fsp3) is 0.625. The fourth-order valence-electron chi connectivity index (χ4n) is 1.58. The lowest BCUT2D eigenvalue weighted by Crippen LogP contribution is -2.11. The number of ether oxygens (including phenoxy) is 6. The molecule has 0 atom stereocenters. The molecule has 0 unspecified atom stereocenters. The predicted octanol–water partition coefficient (Wildman–Crippen LogP) is 1.77. The molecule has 0 aliphatic carbocycles. The number of rotatable bonds is 14. The van der Waals surface area contributed by atoms with Crippen molar-refractivity contribution >= 4 is 0 Å². The Labute approximate surface area is 132 Å². The highest BCUT2D eigenvalue weighted by atomic mass is 16.5. The normalized spacial score (nSPS) is 10.6.